The number of rotatable bonds is 2. The highest BCUT2D eigenvalue weighted by molar-refractivity contribution is 6.73. The van der Waals surface area contributed by atoms with Crippen molar-refractivity contribution in [2.24, 2.45) is 0 Å². The van der Waals surface area contributed by atoms with E-state index in [1.165, 1.54) is 6.07 Å². The van der Waals surface area contributed by atoms with Crippen molar-refractivity contribution >= 4 is 12.4 Å². The zero-order chi connectivity index (χ0) is 10.9. The summed E-state index contributed by atoms with van der Waals surface area (Å²) in [5.41, 5.74) is -0.569. The third kappa shape index (κ3) is 2.27. The van der Waals surface area contributed by atoms with Crippen molar-refractivity contribution in [3.8, 4) is 0 Å². The maximum atomic E-state index is 13.0. The van der Waals surface area contributed by atoms with Gasteiger partial charge in [0.05, 0.1) is 5.82 Å². The number of benzene rings is 1. The van der Waals surface area contributed by atoms with E-state index < -0.39 is 18.3 Å². The smallest absolute Gasteiger partial charge is 0.445 e. The van der Waals surface area contributed by atoms with Crippen LogP contribution >= 0.6 is 0 Å². The van der Waals surface area contributed by atoms with E-state index in [-0.39, 0.29) is 5.92 Å². The molecule has 1 aromatic carbocycles. The van der Waals surface area contributed by atoms with Crippen LogP contribution in [0.4, 0.5) is 17.3 Å². The molecule has 0 heterocycles. The van der Waals surface area contributed by atoms with Gasteiger partial charge in [0.15, 0.2) is 0 Å². The normalized spacial score (nSPS) is 12.2. The van der Waals surface area contributed by atoms with Crippen molar-refractivity contribution in [2.45, 2.75) is 19.8 Å². The fourth-order valence-electron chi connectivity index (χ4n) is 1.17. The van der Waals surface area contributed by atoms with Gasteiger partial charge in [0, 0.05) is 0 Å². The molecule has 0 radical (unpaired) electrons. The second-order valence-corrected chi connectivity index (χ2v) is 3.51. The average Bonchev–Trinajstić information content (AvgIpc) is 2.01. The summed E-state index contributed by atoms with van der Waals surface area (Å²) in [4.78, 5) is 0. The van der Waals surface area contributed by atoms with Gasteiger partial charge in [-0.25, -0.2) is 4.39 Å². The summed E-state index contributed by atoms with van der Waals surface area (Å²) >= 11 is 0. The van der Waals surface area contributed by atoms with Crippen LogP contribution in [-0.2, 0) is 0 Å². The van der Waals surface area contributed by atoms with Crippen LogP contribution in [-0.4, -0.2) is 6.98 Å². The van der Waals surface area contributed by atoms with Gasteiger partial charge in [0.2, 0.25) is 0 Å². The molecule has 5 heteroatoms. The van der Waals surface area contributed by atoms with Crippen LogP contribution in [0.15, 0.2) is 18.2 Å². The molecule has 1 rings (SSSR count). The van der Waals surface area contributed by atoms with Crippen LogP contribution < -0.4 is 5.46 Å². The molecule has 0 aliphatic heterocycles. The zero-order valence-corrected chi connectivity index (χ0v) is 7.90. The van der Waals surface area contributed by atoms with Gasteiger partial charge in [-0.1, -0.05) is 31.4 Å². The number of hydrogen-bond acceptors (Lipinski definition) is 0. The highest BCUT2D eigenvalue weighted by Crippen LogP contribution is 2.17. The Morgan fingerprint density at radius 1 is 1.14 bits per heavy atom. The highest BCUT2D eigenvalue weighted by atomic mass is 19.4. The van der Waals surface area contributed by atoms with Gasteiger partial charge in [-0.05, 0) is 17.5 Å². The molecule has 0 bridgehead atoms. The van der Waals surface area contributed by atoms with E-state index in [1.807, 2.05) is 0 Å². The van der Waals surface area contributed by atoms with E-state index in [0.717, 1.165) is 12.1 Å². The monoisotopic (exact) mass is 205 g/mol. The molecule has 0 atom stereocenters. The largest absolute Gasteiger partial charge is 0.512 e. The highest BCUT2D eigenvalue weighted by Gasteiger charge is 2.28. The average molecular weight is 205 g/mol. The molecular formula is C9H10BF4-. The molecule has 0 saturated heterocycles. The van der Waals surface area contributed by atoms with E-state index >= 15 is 0 Å². The molecule has 1 aromatic rings. The fourth-order valence-corrected chi connectivity index (χ4v) is 1.17. The first-order chi connectivity index (χ1) is 6.32. The Bertz CT molecular complexity index is 330. The number of hydrogen-bond donors (Lipinski definition) is 0. The first kappa shape index (κ1) is 11.1. The van der Waals surface area contributed by atoms with Crippen LogP contribution in [0, 0.1) is 5.82 Å². The number of halogens is 4. The molecule has 0 amide bonds. The van der Waals surface area contributed by atoms with E-state index in [0.29, 0.717) is 5.56 Å². The maximum Gasteiger partial charge on any atom is 0.512 e. The van der Waals surface area contributed by atoms with Gasteiger partial charge in [-0.15, -0.1) is 0 Å². The molecule has 78 valence electrons. The Morgan fingerprint density at radius 3 is 2.07 bits per heavy atom. The van der Waals surface area contributed by atoms with Crippen molar-refractivity contribution < 1.29 is 17.3 Å². The first-order valence-electron chi connectivity index (χ1n) is 4.31. The summed E-state index contributed by atoms with van der Waals surface area (Å²) in [6, 6.07) is 3.08. The van der Waals surface area contributed by atoms with Gasteiger partial charge in [-0.2, -0.15) is 0 Å². The molecule has 0 aliphatic rings. The molecule has 0 fully saturated rings. The molecular weight excluding hydrogens is 195 g/mol. The summed E-state index contributed by atoms with van der Waals surface area (Å²) in [6.45, 7) is -1.64. The van der Waals surface area contributed by atoms with Crippen LogP contribution in [0.2, 0.25) is 0 Å². The minimum Gasteiger partial charge on any atom is -0.445 e. The van der Waals surface area contributed by atoms with Gasteiger partial charge >= 0.3 is 6.98 Å². The van der Waals surface area contributed by atoms with Crippen molar-refractivity contribution in [1.82, 2.24) is 0 Å². The Labute approximate surface area is 80.0 Å². The summed E-state index contributed by atoms with van der Waals surface area (Å²) in [6.07, 6.45) is 0. The van der Waals surface area contributed by atoms with Crippen molar-refractivity contribution in [1.29, 1.82) is 0 Å². The SMILES string of the molecule is CC(C)c1ccc([B-](F)(F)F)c(F)c1. The second-order valence-electron chi connectivity index (χ2n) is 3.51. The summed E-state index contributed by atoms with van der Waals surface area (Å²) in [7, 11) is 0. The van der Waals surface area contributed by atoms with Gasteiger partial charge in [0.25, 0.3) is 0 Å². The van der Waals surface area contributed by atoms with Crippen LogP contribution in [0.5, 0.6) is 0 Å². The topological polar surface area (TPSA) is 0 Å². The van der Waals surface area contributed by atoms with Crippen LogP contribution in [0.3, 0.4) is 0 Å². The first-order valence-corrected chi connectivity index (χ1v) is 4.31. The lowest BCUT2D eigenvalue weighted by Crippen LogP contribution is -2.36. The Morgan fingerprint density at radius 2 is 1.71 bits per heavy atom. The summed E-state index contributed by atoms with van der Waals surface area (Å²) < 4.78 is 49.6. The fraction of sp³-hybridized carbons (Fsp3) is 0.333. The van der Waals surface area contributed by atoms with E-state index in [9.17, 15) is 17.3 Å². The van der Waals surface area contributed by atoms with E-state index in [1.54, 1.807) is 13.8 Å². The quantitative estimate of drug-likeness (QED) is 0.514. The van der Waals surface area contributed by atoms with Gasteiger partial charge in [0.1, 0.15) is 0 Å². The van der Waals surface area contributed by atoms with E-state index in [4.69, 9.17) is 0 Å². The maximum absolute atomic E-state index is 13.0. The third-order valence-electron chi connectivity index (χ3n) is 2.04. The lowest BCUT2D eigenvalue weighted by atomic mass is 9.79. The summed E-state index contributed by atoms with van der Waals surface area (Å²) in [5, 5.41) is 0. The molecule has 0 aromatic heterocycles. The Balaban J connectivity index is 3.15. The molecule has 0 saturated carbocycles. The second kappa shape index (κ2) is 3.63. The van der Waals surface area contributed by atoms with Crippen molar-refractivity contribution in [2.75, 3.05) is 0 Å². The van der Waals surface area contributed by atoms with Crippen LogP contribution in [0.25, 0.3) is 0 Å². The molecule has 0 unspecified atom stereocenters. The lowest BCUT2D eigenvalue weighted by molar-refractivity contribution is 0.494. The standard InChI is InChI=1S/C9H10BF4/c1-6(2)7-3-4-8(9(11)5-7)10(12,13)14/h3-6H,1-2H3/q-1. The van der Waals surface area contributed by atoms with Crippen molar-refractivity contribution in [3.05, 3.63) is 29.6 Å². The van der Waals surface area contributed by atoms with Gasteiger partial charge < -0.3 is 12.9 Å². The molecule has 14 heavy (non-hydrogen) atoms. The molecule has 0 nitrogen and oxygen atoms in total. The van der Waals surface area contributed by atoms with Crippen LogP contribution in [0.1, 0.15) is 25.3 Å². The predicted molar refractivity (Wildman–Crippen MR) is 49.2 cm³/mol. The lowest BCUT2D eigenvalue weighted by Gasteiger charge is -2.17. The zero-order valence-electron chi connectivity index (χ0n) is 7.90. The van der Waals surface area contributed by atoms with Gasteiger partial charge in [-0.3, -0.25) is 0 Å². The predicted octanol–water partition coefficient (Wildman–Crippen LogP) is 3.00. The molecule has 0 N–H and O–H groups in total. The van der Waals surface area contributed by atoms with Crippen molar-refractivity contribution in [3.63, 3.8) is 0 Å². The Kier molecular flexibility index (Phi) is 2.88. The molecule has 0 aliphatic carbocycles. The Hall–Kier alpha value is -0.995. The molecule has 0 spiro atoms. The minimum atomic E-state index is -5.24. The summed E-state index contributed by atoms with van der Waals surface area (Å²) in [5.74, 6) is -1.15. The third-order valence-corrected chi connectivity index (χ3v) is 2.04. The minimum absolute atomic E-state index is 0.0271. The van der Waals surface area contributed by atoms with E-state index in [2.05, 4.69) is 0 Å².